The van der Waals surface area contributed by atoms with Gasteiger partial charge in [-0.2, -0.15) is 0 Å². The molecular weight excluding hydrogens is 304 g/mol. The third kappa shape index (κ3) is 3.49. The number of nitrogens with two attached hydrogens (primary N) is 1. The first-order valence-electron chi connectivity index (χ1n) is 6.67. The highest BCUT2D eigenvalue weighted by molar-refractivity contribution is 7.80. The monoisotopic (exact) mass is 320 g/mol. The average molecular weight is 320 g/mol. The van der Waals surface area contributed by atoms with Gasteiger partial charge in [-0.05, 0) is 24.3 Å². The summed E-state index contributed by atoms with van der Waals surface area (Å²) in [6.45, 7) is 3.47. The van der Waals surface area contributed by atoms with Crippen LogP contribution in [0.5, 0.6) is 0 Å². The van der Waals surface area contributed by atoms with Gasteiger partial charge in [0.15, 0.2) is 5.13 Å². The highest BCUT2D eigenvalue weighted by atomic mass is 32.1. The van der Waals surface area contributed by atoms with Crippen molar-refractivity contribution >= 4 is 45.0 Å². The van der Waals surface area contributed by atoms with Crippen LogP contribution in [0.25, 0.3) is 0 Å². The molecule has 1 aliphatic rings. The lowest BCUT2D eigenvalue weighted by molar-refractivity contribution is 0.122. The Kier molecular flexibility index (Phi) is 4.33. The van der Waals surface area contributed by atoms with Crippen molar-refractivity contribution in [2.24, 2.45) is 5.73 Å². The Balaban J connectivity index is 1.67. The van der Waals surface area contributed by atoms with Crippen molar-refractivity contribution in [1.82, 2.24) is 4.98 Å². The van der Waals surface area contributed by atoms with E-state index >= 15 is 0 Å². The molecule has 110 valence electrons. The Morgan fingerprint density at radius 1 is 1.29 bits per heavy atom. The second-order valence-electron chi connectivity index (χ2n) is 4.67. The normalized spacial score (nSPS) is 15.0. The molecule has 3 N–H and O–H groups in total. The van der Waals surface area contributed by atoms with E-state index < -0.39 is 0 Å². The maximum atomic E-state index is 5.56. The van der Waals surface area contributed by atoms with E-state index in [0.717, 1.165) is 37.1 Å². The van der Waals surface area contributed by atoms with Crippen molar-refractivity contribution in [1.29, 1.82) is 0 Å². The summed E-state index contributed by atoms with van der Waals surface area (Å²) in [6, 6.07) is 8.31. The minimum atomic E-state index is 0.321. The fourth-order valence-electron chi connectivity index (χ4n) is 2.14. The van der Waals surface area contributed by atoms with Crippen LogP contribution in [0.3, 0.4) is 0 Å². The van der Waals surface area contributed by atoms with Crippen molar-refractivity contribution in [3.8, 4) is 0 Å². The van der Waals surface area contributed by atoms with Crippen LogP contribution >= 0.6 is 23.6 Å². The number of nitrogens with one attached hydrogen (secondary N) is 1. The predicted molar refractivity (Wildman–Crippen MR) is 90.8 cm³/mol. The third-order valence-corrected chi connectivity index (χ3v) is 4.22. The van der Waals surface area contributed by atoms with Gasteiger partial charge in [0.1, 0.15) is 10.7 Å². The molecule has 21 heavy (non-hydrogen) atoms. The minimum absolute atomic E-state index is 0.321. The number of thiazole rings is 1. The molecule has 2 heterocycles. The molecule has 1 aromatic carbocycles. The molecule has 0 aliphatic carbocycles. The molecule has 0 radical (unpaired) electrons. The average Bonchev–Trinajstić information content (AvgIpc) is 2.98. The van der Waals surface area contributed by atoms with Crippen LogP contribution < -0.4 is 16.0 Å². The zero-order valence-electron chi connectivity index (χ0n) is 11.4. The fourth-order valence-corrected chi connectivity index (χ4v) is 3.05. The summed E-state index contributed by atoms with van der Waals surface area (Å²) in [6.07, 6.45) is 0. The van der Waals surface area contributed by atoms with Gasteiger partial charge in [-0.15, -0.1) is 11.3 Å². The van der Waals surface area contributed by atoms with Gasteiger partial charge in [0, 0.05) is 29.8 Å². The zero-order valence-corrected chi connectivity index (χ0v) is 13.0. The van der Waals surface area contributed by atoms with Gasteiger partial charge in [-0.1, -0.05) is 12.2 Å². The minimum Gasteiger partial charge on any atom is -0.388 e. The number of anilines is 3. The van der Waals surface area contributed by atoms with Gasteiger partial charge in [-0.3, -0.25) is 0 Å². The van der Waals surface area contributed by atoms with Crippen LogP contribution in [-0.2, 0) is 4.74 Å². The molecule has 0 amide bonds. The van der Waals surface area contributed by atoms with Crippen LogP contribution in [0.4, 0.5) is 16.5 Å². The number of rotatable bonds is 4. The number of ether oxygens (including phenoxy) is 1. The molecule has 3 rings (SSSR count). The van der Waals surface area contributed by atoms with Crippen LogP contribution in [0.2, 0.25) is 0 Å². The van der Waals surface area contributed by atoms with E-state index in [1.54, 1.807) is 0 Å². The molecule has 0 bridgehead atoms. The topological polar surface area (TPSA) is 63.4 Å². The summed E-state index contributed by atoms with van der Waals surface area (Å²) in [4.78, 5) is 6.97. The number of thiocarbonyl (C=S) groups is 1. The van der Waals surface area contributed by atoms with Gasteiger partial charge in [0.25, 0.3) is 0 Å². The van der Waals surface area contributed by atoms with Crippen LogP contribution in [0.1, 0.15) is 5.69 Å². The number of benzene rings is 1. The van der Waals surface area contributed by atoms with Crippen molar-refractivity contribution in [3.05, 3.63) is 35.3 Å². The van der Waals surface area contributed by atoms with Gasteiger partial charge in [0.05, 0.1) is 13.2 Å². The number of nitrogens with zero attached hydrogens (tertiary/aromatic N) is 2. The Hall–Kier alpha value is -1.70. The van der Waals surface area contributed by atoms with Crippen molar-refractivity contribution in [3.63, 3.8) is 0 Å². The Bertz CT molecular complexity index is 620. The molecule has 5 nitrogen and oxygen atoms in total. The van der Waals surface area contributed by atoms with E-state index in [0.29, 0.717) is 10.7 Å². The maximum Gasteiger partial charge on any atom is 0.187 e. The summed E-state index contributed by atoms with van der Waals surface area (Å²) >= 11 is 6.40. The lowest BCUT2D eigenvalue weighted by Gasteiger charge is -2.28. The van der Waals surface area contributed by atoms with E-state index in [1.807, 2.05) is 17.5 Å². The first-order valence-corrected chi connectivity index (χ1v) is 7.96. The van der Waals surface area contributed by atoms with Gasteiger partial charge < -0.3 is 20.7 Å². The molecule has 0 unspecified atom stereocenters. The number of morpholine rings is 1. The smallest absolute Gasteiger partial charge is 0.187 e. The second-order valence-corrected chi connectivity index (χ2v) is 5.97. The van der Waals surface area contributed by atoms with Crippen LogP contribution in [-0.4, -0.2) is 36.3 Å². The molecule has 7 heteroatoms. The van der Waals surface area contributed by atoms with E-state index in [-0.39, 0.29) is 0 Å². The molecule has 0 saturated carbocycles. The Morgan fingerprint density at radius 3 is 2.62 bits per heavy atom. The highest BCUT2D eigenvalue weighted by Crippen LogP contribution is 2.24. The summed E-state index contributed by atoms with van der Waals surface area (Å²) < 4.78 is 5.36. The predicted octanol–water partition coefficient (Wildman–Crippen LogP) is 2.36. The molecule has 1 aliphatic heterocycles. The second kappa shape index (κ2) is 6.38. The molecule has 1 aromatic heterocycles. The number of hydrogen-bond acceptors (Lipinski definition) is 6. The number of aromatic nitrogens is 1. The van der Waals surface area contributed by atoms with Crippen molar-refractivity contribution < 1.29 is 4.74 Å². The third-order valence-electron chi connectivity index (χ3n) is 3.25. The summed E-state index contributed by atoms with van der Waals surface area (Å²) in [5, 5.41) is 5.90. The summed E-state index contributed by atoms with van der Waals surface area (Å²) in [7, 11) is 0. The van der Waals surface area contributed by atoms with Crippen molar-refractivity contribution in [2.75, 3.05) is 36.5 Å². The van der Waals surface area contributed by atoms with Gasteiger partial charge in [0.2, 0.25) is 0 Å². The van der Waals surface area contributed by atoms with E-state index in [9.17, 15) is 0 Å². The molecule has 1 saturated heterocycles. The van der Waals surface area contributed by atoms with Crippen LogP contribution in [0.15, 0.2) is 29.6 Å². The zero-order chi connectivity index (χ0) is 14.7. The van der Waals surface area contributed by atoms with Gasteiger partial charge >= 0.3 is 0 Å². The molecule has 1 fully saturated rings. The maximum absolute atomic E-state index is 5.56. The SMILES string of the molecule is NC(=S)c1csc(Nc2ccc(N3CCOCC3)cc2)n1. The Labute approximate surface area is 132 Å². The number of hydrogen-bond donors (Lipinski definition) is 2. The van der Waals surface area contributed by atoms with E-state index in [1.165, 1.54) is 17.0 Å². The fraction of sp³-hybridized carbons (Fsp3) is 0.286. The Morgan fingerprint density at radius 2 is 2.00 bits per heavy atom. The molecule has 0 spiro atoms. The van der Waals surface area contributed by atoms with E-state index in [4.69, 9.17) is 22.7 Å². The molecular formula is C14H16N4OS2. The molecule has 0 atom stereocenters. The van der Waals surface area contributed by atoms with Crippen LogP contribution in [0, 0.1) is 0 Å². The highest BCUT2D eigenvalue weighted by Gasteiger charge is 2.11. The first-order chi connectivity index (χ1) is 10.2. The lowest BCUT2D eigenvalue weighted by Crippen LogP contribution is -2.36. The van der Waals surface area contributed by atoms with Crippen molar-refractivity contribution in [2.45, 2.75) is 0 Å². The lowest BCUT2D eigenvalue weighted by atomic mass is 10.2. The van der Waals surface area contributed by atoms with Gasteiger partial charge in [-0.25, -0.2) is 4.98 Å². The standard InChI is InChI=1S/C14H16N4OS2/c15-13(20)12-9-21-14(17-12)16-10-1-3-11(4-2-10)18-5-7-19-8-6-18/h1-4,9H,5-8H2,(H2,15,20)(H,16,17). The largest absolute Gasteiger partial charge is 0.388 e. The first kappa shape index (κ1) is 14.2. The molecule has 2 aromatic rings. The summed E-state index contributed by atoms with van der Waals surface area (Å²) in [5.74, 6) is 0. The van der Waals surface area contributed by atoms with E-state index in [2.05, 4.69) is 27.3 Å². The quantitative estimate of drug-likeness (QED) is 0.843. The summed E-state index contributed by atoms with van der Waals surface area (Å²) in [5.41, 5.74) is 8.42.